The SMILES string of the molecule is Cn1c(=O)oc2cc(CCN3CCN(c4cccc(C(F)(F)F)c4)CC3)ccc21. The van der Waals surface area contributed by atoms with Crippen LogP contribution in [-0.4, -0.2) is 42.2 Å². The highest BCUT2D eigenvalue weighted by Crippen LogP contribution is 2.31. The van der Waals surface area contributed by atoms with Gasteiger partial charge in [-0.1, -0.05) is 12.1 Å². The number of rotatable bonds is 4. The van der Waals surface area contributed by atoms with Crippen molar-refractivity contribution >= 4 is 16.8 Å². The summed E-state index contributed by atoms with van der Waals surface area (Å²) in [5, 5.41) is 0. The Morgan fingerprint density at radius 2 is 1.79 bits per heavy atom. The second-order valence-electron chi connectivity index (χ2n) is 7.36. The van der Waals surface area contributed by atoms with Gasteiger partial charge in [-0.15, -0.1) is 0 Å². The summed E-state index contributed by atoms with van der Waals surface area (Å²) in [6.07, 6.45) is -3.51. The number of nitrogens with zero attached hydrogens (tertiary/aromatic N) is 3. The van der Waals surface area contributed by atoms with Crippen LogP contribution in [0, 0.1) is 0 Å². The molecule has 1 aliphatic rings. The van der Waals surface area contributed by atoms with Crippen LogP contribution in [0.15, 0.2) is 51.7 Å². The molecule has 0 atom stereocenters. The standard InChI is InChI=1S/C21H22F3N3O2/c1-25-18-6-5-15(13-19(18)29-20(25)28)7-8-26-9-11-27(12-10-26)17-4-2-3-16(14-17)21(22,23)24/h2-6,13-14H,7-12H2,1H3. The smallest absolute Gasteiger partial charge is 0.408 e. The molecule has 0 amide bonds. The molecule has 0 radical (unpaired) electrons. The molecule has 5 nitrogen and oxygen atoms in total. The van der Waals surface area contributed by atoms with Crippen LogP contribution in [-0.2, 0) is 19.6 Å². The maximum absolute atomic E-state index is 12.9. The summed E-state index contributed by atoms with van der Waals surface area (Å²) in [4.78, 5) is 15.9. The van der Waals surface area contributed by atoms with Crippen LogP contribution < -0.4 is 10.7 Å². The first-order valence-electron chi connectivity index (χ1n) is 9.54. The Labute approximate surface area is 165 Å². The van der Waals surface area contributed by atoms with Crippen LogP contribution in [0.1, 0.15) is 11.1 Å². The van der Waals surface area contributed by atoms with Gasteiger partial charge in [0.1, 0.15) is 0 Å². The third-order valence-corrected chi connectivity index (χ3v) is 5.48. The fraction of sp³-hybridized carbons (Fsp3) is 0.381. The predicted octanol–water partition coefficient (Wildman–Crippen LogP) is 3.52. The number of aryl methyl sites for hydroxylation is 1. The highest BCUT2D eigenvalue weighted by molar-refractivity contribution is 5.73. The van der Waals surface area contributed by atoms with E-state index in [-0.39, 0.29) is 5.76 Å². The number of piperazine rings is 1. The molecule has 0 unspecified atom stereocenters. The van der Waals surface area contributed by atoms with Gasteiger partial charge < -0.3 is 9.32 Å². The largest absolute Gasteiger partial charge is 0.419 e. The molecule has 29 heavy (non-hydrogen) atoms. The van der Waals surface area contributed by atoms with Gasteiger partial charge in [-0.25, -0.2) is 4.79 Å². The molecular weight excluding hydrogens is 383 g/mol. The van der Waals surface area contributed by atoms with E-state index in [0.717, 1.165) is 43.2 Å². The van der Waals surface area contributed by atoms with E-state index in [9.17, 15) is 18.0 Å². The molecule has 3 aromatic rings. The van der Waals surface area contributed by atoms with E-state index in [1.54, 1.807) is 13.1 Å². The van der Waals surface area contributed by atoms with Gasteiger partial charge in [0.05, 0.1) is 11.1 Å². The van der Waals surface area contributed by atoms with Gasteiger partial charge >= 0.3 is 11.9 Å². The van der Waals surface area contributed by atoms with Crippen molar-refractivity contribution in [1.29, 1.82) is 0 Å². The minimum atomic E-state index is -4.32. The zero-order chi connectivity index (χ0) is 20.6. The van der Waals surface area contributed by atoms with Gasteiger partial charge in [-0.2, -0.15) is 13.2 Å². The van der Waals surface area contributed by atoms with E-state index in [2.05, 4.69) is 4.90 Å². The van der Waals surface area contributed by atoms with Crippen LogP contribution in [0.3, 0.4) is 0 Å². The lowest BCUT2D eigenvalue weighted by atomic mass is 10.1. The summed E-state index contributed by atoms with van der Waals surface area (Å²) in [6.45, 7) is 3.80. The highest BCUT2D eigenvalue weighted by Gasteiger charge is 2.31. The molecule has 4 rings (SSSR count). The highest BCUT2D eigenvalue weighted by atomic mass is 19.4. The fourth-order valence-corrected chi connectivity index (χ4v) is 3.73. The first-order chi connectivity index (χ1) is 13.8. The van der Waals surface area contributed by atoms with Crippen molar-refractivity contribution in [1.82, 2.24) is 9.47 Å². The molecule has 1 saturated heterocycles. The van der Waals surface area contributed by atoms with Crippen molar-refractivity contribution in [2.45, 2.75) is 12.6 Å². The maximum atomic E-state index is 12.9. The molecular formula is C21H22F3N3O2. The monoisotopic (exact) mass is 405 g/mol. The van der Waals surface area contributed by atoms with Crippen molar-refractivity contribution in [2.24, 2.45) is 7.05 Å². The van der Waals surface area contributed by atoms with Crippen LogP contribution in [0.25, 0.3) is 11.1 Å². The molecule has 2 heterocycles. The van der Waals surface area contributed by atoms with Gasteiger partial charge in [0.15, 0.2) is 5.58 Å². The number of alkyl halides is 3. The predicted molar refractivity (Wildman–Crippen MR) is 105 cm³/mol. The summed E-state index contributed by atoms with van der Waals surface area (Å²) in [5.41, 5.74) is 2.45. The van der Waals surface area contributed by atoms with Crippen LogP contribution in [0.4, 0.5) is 18.9 Å². The van der Waals surface area contributed by atoms with E-state index in [1.165, 1.54) is 16.7 Å². The van der Waals surface area contributed by atoms with Gasteiger partial charge in [0.2, 0.25) is 0 Å². The summed E-state index contributed by atoms with van der Waals surface area (Å²) >= 11 is 0. The number of fused-ring (bicyclic) bond motifs is 1. The lowest BCUT2D eigenvalue weighted by Gasteiger charge is -2.36. The van der Waals surface area contributed by atoms with Gasteiger partial charge in [-0.3, -0.25) is 9.47 Å². The molecule has 0 saturated carbocycles. The van der Waals surface area contributed by atoms with E-state index < -0.39 is 11.7 Å². The molecule has 2 aromatic carbocycles. The van der Waals surface area contributed by atoms with Gasteiger partial charge in [0.25, 0.3) is 0 Å². The summed E-state index contributed by atoms with van der Waals surface area (Å²) in [5.74, 6) is -0.372. The average Bonchev–Trinajstić information content (AvgIpc) is 2.99. The third-order valence-electron chi connectivity index (χ3n) is 5.48. The molecule has 1 fully saturated rings. The Morgan fingerprint density at radius 1 is 1.03 bits per heavy atom. The molecule has 1 aromatic heterocycles. The Morgan fingerprint density at radius 3 is 2.52 bits per heavy atom. The quantitative estimate of drug-likeness (QED) is 0.666. The number of hydrogen-bond acceptors (Lipinski definition) is 4. The number of anilines is 1. The van der Waals surface area contributed by atoms with Crippen molar-refractivity contribution in [3.63, 3.8) is 0 Å². The average molecular weight is 405 g/mol. The van der Waals surface area contributed by atoms with E-state index in [0.29, 0.717) is 24.4 Å². The Kier molecular flexibility index (Phi) is 5.12. The molecule has 0 aliphatic carbocycles. The van der Waals surface area contributed by atoms with Crippen LogP contribution >= 0.6 is 0 Å². The summed E-state index contributed by atoms with van der Waals surface area (Å²) < 4.78 is 45.5. The zero-order valence-corrected chi connectivity index (χ0v) is 16.1. The molecule has 8 heteroatoms. The van der Waals surface area contributed by atoms with E-state index >= 15 is 0 Å². The van der Waals surface area contributed by atoms with Crippen LogP contribution in [0.2, 0.25) is 0 Å². The fourth-order valence-electron chi connectivity index (χ4n) is 3.73. The second kappa shape index (κ2) is 7.59. The molecule has 0 spiro atoms. The van der Waals surface area contributed by atoms with Crippen molar-refractivity contribution in [2.75, 3.05) is 37.6 Å². The Bertz CT molecular complexity index is 1060. The zero-order valence-electron chi connectivity index (χ0n) is 16.1. The number of oxazole rings is 1. The molecule has 154 valence electrons. The molecule has 0 bridgehead atoms. The van der Waals surface area contributed by atoms with Gasteiger partial charge in [0, 0.05) is 45.5 Å². The maximum Gasteiger partial charge on any atom is 0.419 e. The topological polar surface area (TPSA) is 41.6 Å². The summed E-state index contributed by atoms with van der Waals surface area (Å²) in [6, 6.07) is 11.3. The lowest BCUT2D eigenvalue weighted by Crippen LogP contribution is -2.47. The van der Waals surface area contributed by atoms with Crippen molar-refractivity contribution in [3.05, 3.63) is 64.1 Å². The number of hydrogen-bond donors (Lipinski definition) is 0. The van der Waals surface area contributed by atoms with Crippen LogP contribution in [0.5, 0.6) is 0 Å². The number of benzene rings is 2. The first-order valence-corrected chi connectivity index (χ1v) is 9.54. The third kappa shape index (κ3) is 4.17. The molecule has 1 aliphatic heterocycles. The van der Waals surface area contributed by atoms with Crippen molar-refractivity contribution < 1.29 is 17.6 Å². The Hall–Kier alpha value is -2.74. The minimum Gasteiger partial charge on any atom is -0.408 e. The minimum absolute atomic E-state index is 0.372. The lowest BCUT2D eigenvalue weighted by molar-refractivity contribution is -0.137. The first kappa shape index (κ1) is 19.6. The van der Waals surface area contributed by atoms with Gasteiger partial charge in [-0.05, 0) is 42.3 Å². The number of aromatic nitrogens is 1. The van der Waals surface area contributed by atoms with Crippen molar-refractivity contribution in [3.8, 4) is 0 Å². The second-order valence-corrected chi connectivity index (χ2v) is 7.36. The summed E-state index contributed by atoms with van der Waals surface area (Å²) in [7, 11) is 1.68. The molecule has 0 N–H and O–H groups in total. The van der Waals surface area contributed by atoms with E-state index in [1.807, 2.05) is 23.1 Å². The number of halogens is 3. The Balaban J connectivity index is 1.34. The normalized spacial score (nSPS) is 15.9. The van der Waals surface area contributed by atoms with E-state index in [4.69, 9.17) is 4.42 Å².